The summed E-state index contributed by atoms with van der Waals surface area (Å²) in [7, 11) is 0. The Labute approximate surface area is 124 Å². The highest BCUT2D eigenvalue weighted by molar-refractivity contribution is 14.1. The molecule has 2 amide bonds. The van der Waals surface area contributed by atoms with E-state index in [1.165, 1.54) is 0 Å². The molecule has 0 unspecified atom stereocenters. The number of rotatable bonds is 4. The number of nitrogens with two attached hydrogens (primary N) is 1. The fourth-order valence-corrected chi connectivity index (χ4v) is 2.74. The van der Waals surface area contributed by atoms with Crippen LogP contribution in [0.25, 0.3) is 0 Å². The summed E-state index contributed by atoms with van der Waals surface area (Å²) in [6.45, 7) is 0. The number of nitrogens with zero attached hydrogens (tertiary/aromatic N) is 1. The van der Waals surface area contributed by atoms with Crippen molar-refractivity contribution in [2.24, 2.45) is 11.1 Å². The first-order valence-corrected chi connectivity index (χ1v) is 7.31. The minimum atomic E-state index is -0.961. The molecule has 3 N–H and O–H groups in total. The second-order valence-electron chi connectivity index (χ2n) is 5.34. The Bertz CT molecular complexity index is 565. The summed E-state index contributed by atoms with van der Waals surface area (Å²) in [6.07, 6.45) is 4.58. The number of carbonyl (C=O) groups excluding carboxylic acids is 2. The van der Waals surface area contributed by atoms with Crippen LogP contribution in [0.1, 0.15) is 31.4 Å². The second-order valence-corrected chi connectivity index (χ2v) is 6.59. The lowest BCUT2D eigenvalue weighted by Crippen LogP contribution is -2.45. The van der Waals surface area contributed by atoms with Crippen LogP contribution in [0.4, 0.5) is 0 Å². The molecular formula is C13H14IN3O2. The predicted molar refractivity (Wildman–Crippen MR) is 76.9 cm³/mol. The highest BCUT2D eigenvalue weighted by atomic mass is 127. The van der Waals surface area contributed by atoms with Crippen LogP contribution in [-0.2, 0) is 15.1 Å². The van der Waals surface area contributed by atoms with Gasteiger partial charge in [0.05, 0.1) is 11.2 Å². The molecule has 19 heavy (non-hydrogen) atoms. The van der Waals surface area contributed by atoms with Crippen LogP contribution in [0, 0.1) is 8.99 Å². The number of primary amides is 1. The Balaban J connectivity index is 1.80. The SMILES string of the molecule is NC(=O)C1(C(=O)NC2(c3cc(I)ccn3)CC2)CC1. The first-order chi connectivity index (χ1) is 8.98. The maximum atomic E-state index is 12.2. The van der Waals surface area contributed by atoms with Crippen LogP contribution < -0.4 is 11.1 Å². The van der Waals surface area contributed by atoms with Gasteiger partial charge >= 0.3 is 0 Å². The van der Waals surface area contributed by atoms with Gasteiger partial charge in [-0.15, -0.1) is 0 Å². The van der Waals surface area contributed by atoms with E-state index >= 15 is 0 Å². The quantitative estimate of drug-likeness (QED) is 0.613. The highest BCUT2D eigenvalue weighted by Gasteiger charge is 2.59. The Morgan fingerprint density at radius 3 is 2.47 bits per heavy atom. The second kappa shape index (κ2) is 4.16. The van der Waals surface area contributed by atoms with Gasteiger partial charge in [-0.05, 0) is 60.4 Å². The molecule has 1 aromatic heterocycles. The Hall–Kier alpha value is -1.18. The third kappa shape index (κ3) is 2.11. The van der Waals surface area contributed by atoms with Gasteiger partial charge in [-0.3, -0.25) is 14.6 Å². The van der Waals surface area contributed by atoms with Crippen LogP contribution in [0.2, 0.25) is 0 Å². The van der Waals surface area contributed by atoms with Gasteiger partial charge in [-0.2, -0.15) is 0 Å². The van der Waals surface area contributed by atoms with Crippen LogP contribution in [-0.4, -0.2) is 16.8 Å². The molecule has 0 radical (unpaired) electrons. The van der Waals surface area contributed by atoms with Crippen molar-refractivity contribution in [1.82, 2.24) is 10.3 Å². The van der Waals surface area contributed by atoms with Crippen molar-refractivity contribution in [3.8, 4) is 0 Å². The third-order valence-corrected chi connectivity index (χ3v) is 4.64. The molecule has 5 nitrogen and oxygen atoms in total. The van der Waals surface area contributed by atoms with Gasteiger partial charge in [0.25, 0.3) is 0 Å². The first-order valence-electron chi connectivity index (χ1n) is 6.23. The average molecular weight is 371 g/mol. The minimum Gasteiger partial charge on any atom is -0.369 e. The van der Waals surface area contributed by atoms with E-state index in [-0.39, 0.29) is 11.4 Å². The van der Waals surface area contributed by atoms with Crippen molar-refractivity contribution in [2.45, 2.75) is 31.2 Å². The molecule has 6 heteroatoms. The van der Waals surface area contributed by atoms with Crippen LogP contribution in [0.15, 0.2) is 18.3 Å². The summed E-state index contributed by atoms with van der Waals surface area (Å²) in [5, 5.41) is 2.99. The topological polar surface area (TPSA) is 85.1 Å². The van der Waals surface area contributed by atoms with Crippen molar-refractivity contribution >= 4 is 34.4 Å². The summed E-state index contributed by atoms with van der Waals surface area (Å²) in [4.78, 5) is 27.9. The molecule has 0 aliphatic heterocycles. The molecule has 0 aromatic carbocycles. The van der Waals surface area contributed by atoms with E-state index < -0.39 is 11.3 Å². The van der Waals surface area contributed by atoms with Crippen LogP contribution in [0.5, 0.6) is 0 Å². The lowest BCUT2D eigenvalue weighted by molar-refractivity contribution is -0.136. The Kier molecular flexibility index (Phi) is 2.81. The van der Waals surface area contributed by atoms with E-state index in [0.717, 1.165) is 22.1 Å². The largest absolute Gasteiger partial charge is 0.369 e. The highest BCUT2D eigenvalue weighted by Crippen LogP contribution is 2.50. The standard InChI is InChI=1S/C13H14IN3O2/c14-8-1-6-16-9(7-8)13(4-5-13)17-11(19)12(2-3-12)10(15)18/h1,6-7H,2-5H2,(H2,15,18)(H,17,19). The van der Waals surface area contributed by atoms with Gasteiger partial charge in [-0.25, -0.2) is 0 Å². The molecule has 2 fully saturated rings. The zero-order valence-corrected chi connectivity index (χ0v) is 12.4. The minimum absolute atomic E-state index is 0.238. The normalized spacial score (nSPS) is 21.5. The van der Waals surface area contributed by atoms with Crippen LogP contribution >= 0.6 is 22.6 Å². The molecule has 2 aliphatic rings. The summed E-state index contributed by atoms with van der Waals surface area (Å²) >= 11 is 2.22. The lowest BCUT2D eigenvalue weighted by atomic mass is 10.0. The first kappa shape index (κ1) is 12.8. The Morgan fingerprint density at radius 1 is 1.32 bits per heavy atom. The van der Waals surface area contributed by atoms with Gasteiger partial charge < -0.3 is 11.1 Å². The number of halogens is 1. The van der Waals surface area contributed by atoms with Crippen molar-refractivity contribution < 1.29 is 9.59 Å². The molecule has 2 saturated carbocycles. The zero-order valence-electron chi connectivity index (χ0n) is 10.3. The van der Waals surface area contributed by atoms with E-state index in [1.54, 1.807) is 6.20 Å². The summed E-state index contributed by atoms with van der Waals surface area (Å²) in [5.74, 6) is -0.755. The number of aromatic nitrogens is 1. The van der Waals surface area contributed by atoms with Gasteiger partial charge in [-0.1, -0.05) is 0 Å². The van der Waals surface area contributed by atoms with E-state index in [2.05, 4.69) is 32.9 Å². The molecule has 1 heterocycles. The van der Waals surface area contributed by atoms with Gasteiger partial charge in [0.1, 0.15) is 5.41 Å². The fraction of sp³-hybridized carbons (Fsp3) is 0.462. The summed E-state index contributed by atoms with van der Waals surface area (Å²) < 4.78 is 1.08. The average Bonchev–Trinajstić information content (AvgIpc) is 3.24. The van der Waals surface area contributed by atoms with Crippen molar-refractivity contribution in [3.63, 3.8) is 0 Å². The molecule has 0 atom stereocenters. The predicted octanol–water partition coefficient (Wildman–Crippen LogP) is 1.06. The van der Waals surface area contributed by atoms with Crippen molar-refractivity contribution in [1.29, 1.82) is 0 Å². The maximum Gasteiger partial charge on any atom is 0.236 e. The van der Waals surface area contributed by atoms with Crippen molar-refractivity contribution in [3.05, 3.63) is 27.6 Å². The summed E-state index contributed by atoms with van der Waals surface area (Å²) in [6, 6.07) is 3.88. The molecule has 0 bridgehead atoms. The molecule has 2 aliphatic carbocycles. The number of carbonyl (C=O) groups is 2. The van der Waals surface area contributed by atoms with Gasteiger partial charge in [0.15, 0.2) is 0 Å². The smallest absolute Gasteiger partial charge is 0.236 e. The Morgan fingerprint density at radius 2 is 2.00 bits per heavy atom. The number of nitrogens with one attached hydrogen (secondary N) is 1. The molecule has 0 saturated heterocycles. The molecule has 0 spiro atoms. The maximum absolute atomic E-state index is 12.2. The zero-order chi connectivity index (χ0) is 13.7. The molecule has 100 valence electrons. The molecular weight excluding hydrogens is 357 g/mol. The van der Waals surface area contributed by atoms with E-state index in [1.807, 2.05) is 12.1 Å². The number of hydrogen-bond donors (Lipinski definition) is 2. The van der Waals surface area contributed by atoms with E-state index in [4.69, 9.17) is 5.73 Å². The van der Waals surface area contributed by atoms with Crippen LogP contribution in [0.3, 0.4) is 0 Å². The monoisotopic (exact) mass is 371 g/mol. The summed E-state index contributed by atoms with van der Waals surface area (Å²) in [5.41, 5.74) is 4.84. The lowest BCUT2D eigenvalue weighted by Gasteiger charge is -2.20. The number of pyridine rings is 1. The fourth-order valence-electron chi connectivity index (χ4n) is 2.28. The van der Waals surface area contributed by atoms with Crippen molar-refractivity contribution in [2.75, 3.05) is 0 Å². The molecule has 1 aromatic rings. The van der Waals surface area contributed by atoms with E-state index in [9.17, 15) is 9.59 Å². The number of hydrogen-bond acceptors (Lipinski definition) is 3. The van der Waals surface area contributed by atoms with Gasteiger partial charge in [0, 0.05) is 9.77 Å². The van der Waals surface area contributed by atoms with Gasteiger partial charge in [0.2, 0.25) is 11.8 Å². The molecule has 3 rings (SSSR count). The number of amides is 2. The third-order valence-electron chi connectivity index (χ3n) is 3.97. The van der Waals surface area contributed by atoms with E-state index in [0.29, 0.717) is 12.8 Å².